The van der Waals surface area contributed by atoms with E-state index in [1.54, 1.807) is 44.2 Å². The molecule has 0 aromatic heterocycles. The standard InChI is InChI=1S/C24H21FO5/c1-24(2,18-9-5-3-6-10-18)30-21-15-17(13-14-20(21)25)23(27)28-16-22(26)29-19-11-7-4-8-12-19/h3-15H,16H2,1-2H3. The number of halogens is 1. The first kappa shape index (κ1) is 21.0. The Balaban J connectivity index is 1.65. The maximum absolute atomic E-state index is 14.3. The zero-order valence-corrected chi connectivity index (χ0v) is 16.6. The van der Waals surface area contributed by atoms with Crippen LogP contribution in [0.25, 0.3) is 0 Å². The lowest BCUT2D eigenvalue weighted by Crippen LogP contribution is -2.26. The average Bonchev–Trinajstić information content (AvgIpc) is 2.75. The van der Waals surface area contributed by atoms with Crippen LogP contribution in [-0.2, 0) is 15.1 Å². The van der Waals surface area contributed by atoms with Crippen LogP contribution in [-0.4, -0.2) is 18.5 Å². The van der Waals surface area contributed by atoms with E-state index in [9.17, 15) is 14.0 Å². The Morgan fingerprint density at radius 2 is 1.53 bits per heavy atom. The molecule has 3 aromatic carbocycles. The Kier molecular flexibility index (Phi) is 6.47. The number of ether oxygens (including phenoxy) is 3. The second-order valence-electron chi connectivity index (χ2n) is 6.99. The van der Waals surface area contributed by atoms with E-state index >= 15 is 0 Å². The van der Waals surface area contributed by atoms with Gasteiger partial charge in [-0.1, -0.05) is 48.5 Å². The van der Waals surface area contributed by atoms with Crippen molar-refractivity contribution in [3.05, 3.63) is 95.8 Å². The number of benzene rings is 3. The molecule has 0 amide bonds. The van der Waals surface area contributed by atoms with E-state index in [0.29, 0.717) is 5.75 Å². The summed E-state index contributed by atoms with van der Waals surface area (Å²) in [5.74, 6) is -1.87. The number of carbonyl (C=O) groups is 2. The molecular formula is C24H21FO5. The molecule has 3 aromatic rings. The van der Waals surface area contributed by atoms with Crippen molar-refractivity contribution in [1.82, 2.24) is 0 Å². The van der Waals surface area contributed by atoms with Gasteiger partial charge in [-0.15, -0.1) is 0 Å². The number of hydrogen-bond acceptors (Lipinski definition) is 5. The fraction of sp³-hybridized carbons (Fsp3) is 0.167. The highest BCUT2D eigenvalue weighted by Gasteiger charge is 2.25. The number of carbonyl (C=O) groups excluding carboxylic acids is 2. The third kappa shape index (κ3) is 5.44. The van der Waals surface area contributed by atoms with Gasteiger partial charge >= 0.3 is 11.9 Å². The van der Waals surface area contributed by atoms with Gasteiger partial charge < -0.3 is 14.2 Å². The van der Waals surface area contributed by atoms with Crippen LogP contribution in [0.3, 0.4) is 0 Å². The van der Waals surface area contributed by atoms with Gasteiger partial charge in [0.15, 0.2) is 18.2 Å². The van der Waals surface area contributed by atoms with Crippen LogP contribution in [0.4, 0.5) is 4.39 Å². The monoisotopic (exact) mass is 408 g/mol. The van der Waals surface area contributed by atoms with E-state index in [-0.39, 0.29) is 11.3 Å². The van der Waals surface area contributed by atoms with Crippen molar-refractivity contribution in [3.63, 3.8) is 0 Å². The summed E-state index contributed by atoms with van der Waals surface area (Å²) in [6.45, 7) is 3.02. The first-order valence-corrected chi connectivity index (χ1v) is 9.32. The fourth-order valence-corrected chi connectivity index (χ4v) is 2.74. The quantitative estimate of drug-likeness (QED) is 0.411. The Labute approximate surface area is 174 Å². The molecule has 0 saturated carbocycles. The Hall–Kier alpha value is -3.67. The minimum Gasteiger partial charge on any atom is -0.480 e. The van der Waals surface area contributed by atoms with Gasteiger partial charge in [-0.2, -0.15) is 0 Å². The molecule has 0 N–H and O–H groups in total. The third-order valence-electron chi connectivity index (χ3n) is 4.30. The van der Waals surface area contributed by atoms with Crippen LogP contribution in [0.5, 0.6) is 11.5 Å². The molecule has 0 radical (unpaired) electrons. The lowest BCUT2D eigenvalue weighted by molar-refractivity contribution is -0.137. The lowest BCUT2D eigenvalue weighted by Gasteiger charge is -2.27. The molecule has 0 saturated heterocycles. The van der Waals surface area contributed by atoms with E-state index in [0.717, 1.165) is 11.6 Å². The van der Waals surface area contributed by atoms with Crippen molar-refractivity contribution >= 4 is 11.9 Å². The van der Waals surface area contributed by atoms with Crippen molar-refractivity contribution in [2.24, 2.45) is 0 Å². The molecule has 154 valence electrons. The topological polar surface area (TPSA) is 61.8 Å². The van der Waals surface area contributed by atoms with E-state index in [1.165, 1.54) is 12.1 Å². The predicted molar refractivity (Wildman–Crippen MR) is 109 cm³/mol. The molecule has 5 nitrogen and oxygen atoms in total. The minimum absolute atomic E-state index is 0.0581. The van der Waals surface area contributed by atoms with Gasteiger partial charge in [-0.3, -0.25) is 0 Å². The summed E-state index contributed by atoms with van der Waals surface area (Å²) in [5.41, 5.74) is 0.0771. The van der Waals surface area contributed by atoms with Gasteiger partial charge in [0.25, 0.3) is 0 Å². The van der Waals surface area contributed by atoms with Crippen molar-refractivity contribution in [2.75, 3.05) is 6.61 Å². The van der Waals surface area contributed by atoms with Crippen LogP contribution in [0.1, 0.15) is 29.8 Å². The summed E-state index contributed by atoms with van der Waals surface area (Å²) < 4.78 is 30.2. The molecule has 0 aliphatic rings. The second kappa shape index (κ2) is 9.22. The average molecular weight is 408 g/mol. The summed E-state index contributed by atoms with van der Waals surface area (Å²) in [5, 5.41) is 0. The van der Waals surface area contributed by atoms with E-state index in [4.69, 9.17) is 14.2 Å². The third-order valence-corrected chi connectivity index (χ3v) is 4.30. The predicted octanol–water partition coefficient (Wildman–Crippen LogP) is 4.90. The number of para-hydroxylation sites is 1. The number of esters is 2. The van der Waals surface area contributed by atoms with Gasteiger partial charge in [0.05, 0.1) is 5.56 Å². The Morgan fingerprint density at radius 3 is 2.20 bits per heavy atom. The van der Waals surface area contributed by atoms with Gasteiger partial charge in [-0.05, 0) is 49.7 Å². The summed E-state index contributed by atoms with van der Waals surface area (Å²) >= 11 is 0. The highest BCUT2D eigenvalue weighted by atomic mass is 19.1. The van der Waals surface area contributed by atoms with Crippen LogP contribution < -0.4 is 9.47 Å². The maximum atomic E-state index is 14.3. The maximum Gasteiger partial charge on any atom is 0.349 e. The van der Waals surface area contributed by atoms with Crippen molar-refractivity contribution in [3.8, 4) is 11.5 Å². The zero-order chi connectivity index (χ0) is 21.6. The molecule has 30 heavy (non-hydrogen) atoms. The molecule has 0 spiro atoms. The molecular weight excluding hydrogens is 387 g/mol. The van der Waals surface area contributed by atoms with E-state index < -0.39 is 30.0 Å². The minimum atomic E-state index is -0.829. The summed E-state index contributed by atoms with van der Waals surface area (Å²) in [6.07, 6.45) is 0. The molecule has 3 rings (SSSR count). The van der Waals surface area contributed by atoms with Crippen LogP contribution in [0.2, 0.25) is 0 Å². The molecule has 0 fully saturated rings. The zero-order valence-electron chi connectivity index (χ0n) is 16.6. The van der Waals surface area contributed by atoms with Crippen molar-refractivity contribution in [2.45, 2.75) is 19.4 Å². The first-order valence-electron chi connectivity index (χ1n) is 9.32. The molecule has 6 heteroatoms. The van der Waals surface area contributed by atoms with E-state index in [2.05, 4.69) is 0 Å². The van der Waals surface area contributed by atoms with Gasteiger partial charge in [0, 0.05) is 0 Å². The summed E-state index contributed by atoms with van der Waals surface area (Å²) in [7, 11) is 0. The van der Waals surface area contributed by atoms with Gasteiger partial charge in [0.1, 0.15) is 11.4 Å². The first-order chi connectivity index (χ1) is 14.3. The number of hydrogen-bond donors (Lipinski definition) is 0. The fourth-order valence-electron chi connectivity index (χ4n) is 2.74. The summed E-state index contributed by atoms with van der Waals surface area (Å²) in [6, 6.07) is 21.4. The van der Waals surface area contributed by atoms with Crippen molar-refractivity contribution in [1.29, 1.82) is 0 Å². The van der Waals surface area contributed by atoms with Gasteiger partial charge in [0.2, 0.25) is 0 Å². The van der Waals surface area contributed by atoms with Crippen molar-refractivity contribution < 1.29 is 28.2 Å². The molecule has 0 aliphatic carbocycles. The molecule has 0 heterocycles. The normalized spacial score (nSPS) is 10.9. The van der Waals surface area contributed by atoms with Gasteiger partial charge in [-0.25, -0.2) is 14.0 Å². The SMILES string of the molecule is CC(C)(Oc1cc(C(=O)OCC(=O)Oc2ccccc2)ccc1F)c1ccccc1. The molecule has 0 bridgehead atoms. The highest BCUT2D eigenvalue weighted by Crippen LogP contribution is 2.30. The van der Waals surface area contributed by atoms with Crippen LogP contribution in [0, 0.1) is 5.82 Å². The smallest absolute Gasteiger partial charge is 0.349 e. The number of rotatable bonds is 7. The van der Waals surface area contributed by atoms with E-state index in [1.807, 2.05) is 30.3 Å². The van der Waals surface area contributed by atoms with Crippen LogP contribution in [0.15, 0.2) is 78.9 Å². The lowest BCUT2D eigenvalue weighted by atomic mass is 9.98. The Morgan fingerprint density at radius 1 is 0.900 bits per heavy atom. The molecule has 0 atom stereocenters. The summed E-state index contributed by atoms with van der Waals surface area (Å²) in [4.78, 5) is 24.1. The molecule has 0 unspecified atom stereocenters. The molecule has 0 aliphatic heterocycles. The Bertz CT molecular complexity index is 1020. The highest BCUT2D eigenvalue weighted by molar-refractivity contribution is 5.91. The largest absolute Gasteiger partial charge is 0.480 e. The van der Waals surface area contributed by atoms with Crippen LogP contribution >= 0.6 is 0 Å². The second-order valence-corrected chi connectivity index (χ2v) is 6.99.